The smallest absolute Gasteiger partial charge is 0.282 e. The van der Waals surface area contributed by atoms with Crippen LogP contribution in [0, 0.1) is 0 Å². The van der Waals surface area contributed by atoms with Gasteiger partial charge in [0.15, 0.2) is 5.43 Å². The topological polar surface area (TPSA) is 68.0 Å². The van der Waals surface area contributed by atoms with E-state index < -0.39 is 0 Å². The number of benzene rings is 2. The quantitative estimate of drug-likeness (QED) is 0.448. The molecule has 5 nitrogen and oxygen atoms in total. The van der Waals surface area contributed by atoms with Crippen LogP contribution in [0.3, 0.4) is 0 Å². The fourth-order valence-corrected chi connectivity index (χ4v) is 3.73. The van der Waals surface area contributed by atoms with Crippen LogP contribution in [-0.4, -0.2) is 9.78 Å². The molecule has 0 bridgehead atoms. The summed E-state index contributed by atoms with van der Waals surface area (Å²) in [6.07, 6.45) is 6.17. The molecule has 0 spiro atoms. The minimum atomic E-state index is -0.161. The van der Waals surface area contributed by atoms with Gasteiger partial charge in [0.05, 0.1) is 5.69 Å². The van der Waals surface area contributed by atoms with Gasteiger partial charge < -0.3 is 4.42 Å². The highest BCUT2D eigenvalue weighted by atomic mass is 16.3. The lowest BCUT2D eigenvalue weighted by Gasteiger charge is -2.07. The number of fused-ring (bicyclic) bond motifs is 2. The van der Waals surface area contributed by atoms with Crippen molar-refractivity contribution in [1.29, 1.82) is 0 Å². The van der Waals surface area contributed by atoms with Gasteiger partial charge >= 0.3 is 0 Å². The minimum absolute atomic E-state index is 0.00553. The predicted octanol–water partition coefficient (Wildman–Crippen LogP) is 5.06. The molecule has 1 aliphatic heterocycles. The molecule has 150 valence electrons. The van der Waals surface area contributed by atoms with Gasteiger partial charge in [0.2, 0.25) is 5.71 Å². The largest absolute Gasteiger partial charge is 0.438 e. The molecule has 2 aliphatic rings. The molecule has 2 heterocycles. The van der Waals surface area contributed by atoms with E-state index >= 15 is 0 Å². The summed E-state index contributed by atoms with van der Waals surface area (Å²) in [5.74, 6) is 0.495. The van der Waals surface area contributed by atoms with Crippen molar-refractivity contribution in [3.05, 3.63) is 74.2 Å². The third-order valence-electron chi connectivity index (χ3n) is 5.50. The monoisotopic (exact) mass is 390 g/mol. The summed E-state index contributed by atoms with van der Waals surface area (Å²) < 4.78 is 7.36. The molecule has 0 fully saturated rings. The Labute approximate surface area is 169 Å². The van der Waals surface area contributed by atoms with Gasteiger partial charge in [0.1, 0.15) is 11.1 Å². The summed E-state index contributed by atoms with van der Waals surface area (Å²) in [5, 5.41) is 3.51. The zero-order valence-electron chi connectivity index (χ0n) is 17.0. The van der Waals surface area contributed by atoms with Crippen LogP contribution in [0.5, 0.6) is 0 Å². The molecule has 0 saturated carbocycles. The highest BCUT2D eigenvalue weighted by Crippen LogP contribution is 2.26. The molecule has 0 saturated heterocycles. The van der Waals surface area contributed by atoms with Crippen molar-refractivity contribution < 1.29 is 4.42 Å². The van der Waals surface area contributed by atoms with E-state index in [1.54, 1.807) is 0 Å². The van der Waals surface area contributed by atoms with E-state index in [1.807, 2.05) is 36.4 Å². The molecule has 0 radical (unpaired) electrons. The number of rotatable bonds is 7. The Kier molecular flexibility index (Phi) is 5.38. The molecule has 5 heteroatoms. The van der Waals surface area contributed by atoms with E-state index in [0.717, 1.165) is 42.5 Å². The van der Waals surface area contributed by atoms with Crippen LogP contribution in [0.1, 0.15) is 50.7 Å². The Hall–Kier alpha value is -3.08. The number of nitrogens with zero attached hydrogens (tertiary/aromatic N) is 1. The average molecular weight is 390 g/mol. The number of H-pyrrole nitrogens is 1. The normalized spacial score (nSPS) is 11.5. The van der Waals surface area contributed by atoms with Crippen molar-refractivity contribution >= 4 is 11.1 Å². The molecule has 1 aromatic heterocycles. The summed E-state index contributed by atoms with van der Waals surface area (Å²) in [7, 11) is 0. The second-order valence-electron chi connectivity index (χ2n) is 7.57. The van der Waals surface area contributed by atoms with Gasteiger partial charge in [-0.1, -0.05) is 45.2 Å². The van der Waals surface area contributed by atoms with Gasteiger partial charge in [-0.15, -0.1) is 0 Å². The van der Waals surface area contributed by atoms with Crippen LogP contribution < -0.4 is 11.0 Å². The highest BCUT2D eigenvalue weighted by molar-refractivity contribution is 5.80. The Morgan fingerprint density at radius 1 is 0.966 bits per heavy atom. The number of hydrogen-bond acceptors (Lipinski definition) is 3. The van der Waals surface area contributed by atoms with Crippen molar-refractivity contribution in [2.45, 2.75) is 52.4 Å². The zero-order chi connectivity index (χ0) is 20.4. The van der Waals surface area contributed by atoms with E-state index in [0.29, 0.717) is 16.9 Å². The lowest BCUT2D eigenvalue weighted by atomic mass is 10.0. The third kappa shape index (κ3) is 3.77. The molecule has 0 atom stereocenters. The number of aromatic nitrogens is 2. The van der Waals surface area contributed by atoms with E-state index in [-0.39, 0.29) is 11.0 Å². The van der Waals surface area contributed by atoms with Crippen molar-refractivity contribution in [2.24, 2.45) is 0 Å². The van der Waals surface area contributed by atoms with E-state index in [1.165, 1.54) is 29.2 Å². The molecular formula is C24H26N2O3. The maximum Gasteiger partial charge on any atom is 0.282 e. The van der Waals surface area contributed by atoms with Gasteiger partial charge in [-0.2, -0.15) is 0 Å². The Morgan fingerprint density at radius 2 is 1.76 bits per heavy atom. The molecule has 4 rings (SSSR count). The number of nitrogens with one attached hydrogen (secondary N) is 1. The first-order valence-electron chi connectivity index (χ1n) is 10.4. The fourth-order valence-electron chi connectivity index (χ4n) is 3.73. The minimum Gasteiger partial charge on any atom is -0.438 e. The van der Waals surface area contributed by atoms with E-state index in [4.69, 9.17) is 4.42 Å². The van der Waals surface area contributed by atoms with Gasteiger partial charge in [0.25, 0.3) is 5.56 Å². The highest BCUT2D eigenvalue weighted by Gasteiger charge is 2.16. The molecular weight excluding hydrogens is 364 g/mol. The zero-order valence-corrected chi connectivity index (χ0v) is 17.0. The summed E-state index contributed by atoms with van der Waals surface area (Å²) >= 11 is 0. The average Bonchev–Trinajstić information content (AvgIpc) is 3.05. The van der Waals surface area contributed by atoms with Gasteiger partial charge in [0, 0.05) is 17.2 Å². The number of hydrogen-bond donors (Lipinski definition) is 1. The van der Waals surface area contributed by atoms with Crippen LogP contribution in [0.25, 0.3) is 28.1 Å². The third-order valence-corrected chi connectivity index (χ3v) is 5.50. The molecule has 1 aromatic carbocycles. The first-order valence-corrected chi connectivity index (χ1v) is 10.4. The Balaban J connectivity index is 1.75. The van der Waals surface area contributed by atoms with Crippen LogP contribution in [0.15, 0.2) is 56.5 Å². The molecule has 0 amide bonds. The van der Waals surface area contributed by atoms with Crippen molar-refractivity contribution in [3.8, 4) is 17.0 Å². The first-order chi connectivity index (χ1) is 14.1. The van der Waals surface area contributed by atoms with Crippen molar-refractivity contribution in [1.82, 2.24) is 9.78 Å². The number of aryl methyl sites for hydroxylation is 2. The molecule has 1 N–H and O–H groups in total. The van der Waals surface area contributed by atoms with E-state index in [2.05, 4.69) is 18.9 Å². The SMILES string of the molecule is CCCCCCc1cc2cc3c(=O)n(-c4ccc(CC)cc4)[nH]c3oc-2cc1=O. The van der Waals surface area contributed by atoms with E-state index in [9.17, 15) is 9.59 Å². The van der Waals surface area contributed by atoms with Crippen molar-refractivity contribution in [2.75, 3.05) is 0 Å². The molecule has 0 unspecified atom stereocenters. The number of unbranched alkanes of at least 4 members (excludes halogenated alkanes) is 3. The predicted molar refractivity (Wildman–Crippen MR) is 116 cm³/mol. The second-order valence-corrected chi connectivity index (χ2v) is 7.57. The lowest BCUT2D eigenvalue weighted by Crippen LogP contribution is -2.14. The van der Waals surface area contributed by atoms with Crippen molar-refractivity contribution in [3.63, 3.8) is 0 Å². The first kappa shape index (κ1) is 19.2. The summed E-state index contributed by atoms with van der Waals surface area (Å²) in [5.41, 5.74) is 3.74. The second kappa shape index (κ2) is 8.11. The summed E-state index contributed by atoms with van der Waals surface area (Å²) in [4.78, 5) is 25.4. The standard InChI is InChI=1S/C24H26N2O3/c1-3-5-6-7-8-17-13-18-14-20-23(29-22(18)15-21(17)27)25-26(24(20)28)19-11-9-16(4-2)10-12-19/h9-15,25H,3-8H2,1-2H3. The fraction of sp³-hybridized carbons (Fsp3) is 0.333. The molecule has 1 aliphatic carbocycles. The lowest BCUT2D eigenvalue weighted by molar-refractivity contribution is 0.597. The number of aromatic amines is 1. The van der Waals surface area contributed by atoms with Crippen LogP contribution >= 0.6 is 0 Å². The summed E-state index contributed by atoms with van der Waals surface area (Å²) in [6.45, 7) is 4.26. The van der Waals surface area contributed by atoms with Gasteiger partial charge in [-0.25, -0.2) is 4.68 Å². The maximum atomic E-state index is 12.9. The van der Waals surface area contributed by atoms with Crippen LogP contribution in [-0.2, 0) is 12.8 Å². The summed E-state index contributed by atoms with van der Waals surface area (Å²) in [6, 6.07) is 13.1. The van der Waals surface area contributed by atoms with Gasteiger partial charge in [-0.3, -0.25) is 14.7 Å². The van der Waals surface area contributed by atoms with Crippen LogP contribution in [0.4, 0.5) is 0 Å². The van der Waals surface area contributed by atoms with Gasteiger partial charge in [-0.05, 0) is 49.1 Å². The van der Waals surface area contributed by atoms with Crippen LogP contribution in [0.2, 0.25) is 0 Å². The molecule has 2 aromatic rings. The maximum absolute atomic E-state index is 12.9. The molecule has 29 heavy (non-hydrogen) atoms. The Bertz CT molecular complexity index is 1210. The Morgan fingerprint density at radius 3 is 2.48 bits per heavy atom.